The first-order valence-electron chi connectivity index (χ1n) is 2.41. The highest BCUT2D eigenvalue weighted by molar-refractivity contribution is 7.99. The van der Waals surface area contributed by atoms with Crippen LogP contribution in [0.4, 0.5) is 0 Å². The van der Waals surface area contributed by atoms with Gasteiger partial charge in [-0.05, 0) is 0 Å². The molecule has 0 aromatic carbocycles. The lowest BCUT2D eigenvalue weighted by molar-refractivity contribution is -0.0814. The largest absolute Gasteiger partial charge is 0.314 e. The van der Waals surface area contributed by atoms with Crippen LogP contribution < -0.4 is 0 Å². The molecule has 0 saturated carbocycles. The Balaban J connectivity index is 0.000000490. The number of hydroxylamine groups is 2. The third-order valence-electron chi connectivity index (χ3n) is 0.987. The van der Waals surface area contributed by atoms with E-state index in [0.717, 1.165) is 24.6 Å². The molecule has 1 saturated heterocycles. The Kier molecular flexibility index (Phi) is 4.75. The molecule has 1 heterocycles. The summed E-state index contributed by atoms with van der Waals surface area (Å²) in [6.45, 7) is 1.68. The van der Waals surface area contributed by atoms with Gasteiger partial charge >= 0.3 is 0 Å². The summed E-state index contributed by atoms with van der Waals surface area (Å²) in [5, 5.41) is 10.1. The molecule has 1 N–H and O–H groups in total. The van der Waals surface area contributed by atoms with E-state index < -0.39 is 0 Å². The van der Waals surface area contributed by atoms with Crippen molar-refractivity contribution in [3.63, 3.8) is 0 Å². The number of rotatable bonds is 0. The molecule has 50 valence electrons. The van der Waals surface area contributed by atoms with E-state index in [1.807, 2.05) is 11.8 Å². The lowest BCUT2D eigenvalue weighted by atomic mass is 10.6. The van der Waals surface area contributed by atoms with Crippen LogP contribution in [0.25, 0.3) is 0 Å². The molecule has 0 aromatic heterocycles. The Morgan fingerprint density at radius 2 is 1.75 bits per heavy atom. The average molecular weight is 156 g/mol. The van der Waals surface area contributed by atoms with Crippen LogP contribution in [0, 0.1) is 0 Å². The SMILES string of the molecule is Cl.ON1CCSCC1. The zero-order valence-corrected chi connectivity index (χ0v) is 6.17. The van der Waals surface area contributed by atoms with Crippen LogP contribution in [0.2, 0.25) is 0 Å². The van der Waals surface area contributed by atoms with Gasteiger partial charge in [-0.1, -0.05) is 0 Å². The zero-order valence-electron chi connectivity index (χ0n) is 4.54. The number of nitrogens with zero attached hydrogens (tertiary/aromatic N) is 1. The van der Waals surface area contributed by atoms with E-state index in [0.29, 0.717) is 0 Å². The van der Waals surface area contributed by atoms with Gasteiger partial charge in [0.05, 0.1) is 0 Å². The summed E-state index contributed by atoms with van der Waals surface area (Å²) in [4.78, 5) is 0. The molecule has 4 heteroatoms. The lowest BCUT2D eigenvalue weighted by Gasteiger charge is -2.18. The Labute approximate surface area is 59.6 Å². The van der Waals surface area contributed by atoms with Gasteiger partial charge in [-0.2, -0.15) is 16.8 Å². The average Bonchev–Trinajstić information content (AvgIpc) is 1.69. The second-order valence-electron chi connectivity index (χ2n) is 1.57. The van der Waals surface area contributed by atoms with Gasteiger partial charge in [-0.25, -0.2) is 0 Å². The van der Waals surface area contributed by atoms with Crippen molar-refractivity contribution in [2.75, 3.05) is 24.6 Å². The fraction of sp³-hybridized carbons (Fsp3) is 1.00. The molecule has 1 rings (SSSR count). The maximum Gasteiger partial charge on any atom is 0.0329 e. The highest BCUT2D eigenvalue weighted by Crippen LogP contribution is 2.05. The summed E-state index contributed by atoms with van der Waals surface area (Å²) < 4.78 is 0. The second-order valence-corrected chi connectivity index (χ2v) is 2.79. The molecular weight excluding hydrogens is 146 g/mol. The Morgan fingerprint density at radius 3 is 2.00 bits per heavy atom. The predicted molar refractivity (Wildman–Crippen MR) is 37.9 cm³/mol. The molecular formula is C4H10ClNOS. The first-order chi connectivity index (χ1) is 3.39. The predicted octanol–water partition coefficient (Wildman–Crippen LogP) is 0.846. The fourth-order valence-electron chi connectivity index (χ4n) is 0.554. The minimum absolute atomic E-state index is 0. The molecule has 1 aliphatic heterocycles. The maximum atomic E-state index is 8.73. The van der Waals surface area contributed by atoms with Crippen molar-refractivity contribution in [3.8, 4) is 0 Å². The fourth-order valence-corrected chi connectivity index (χ4v) is 1.44. The number of hydrogen-bond donors (Lipinski definition) is 1. The van der Waals surface area contributed by atoms with Crippen molar-refractivity contribution in [3.05, 3.63) is 0 Å². The summed E-state index contributed by atoms with van der Waals surface area (Å²) in [6, 6.07) is 0. The van der Waals surface area contributed by atoms with Gasteiger partial charge in [0.2, 0.25) is 0 Å². The van der Waals surface area contributed by atoms with Gasteiger partial charge in [0, 0.05) is 24.6 Å². The Morgan fingerprint density at radius 1 is 1.25 bits per heavy atom. The molecule has 0 aromatic rings. The second kappa shape index (κ2) is 4.44. The smallest absolute Gasteiger partial charge is 0.0329 e. The molecule has 0 atom stereocenters. The zero-order chi connectivity index (χ0) is 5.11. The standard InChI is InChI=1S/C4H9NOS.ClH/c6-5-1-3-7-4-2-5;/h6H,1-4H2;1H. The van der Waals surface area contributed by atoms with Gasteiger partial charge in [-0.3, -0.25) is 0 Å². The van der Waals surface area contributed by atoms with Gasteiger partial charge in [0.25, 0.3) is 0 Å². The van der Waals surface area contributed by atoms with Crippen LogP contribution in [-0.4, -0.2) is 34.9 Å². The molecule has 1 aliphatic rings. The Bertz CT molecular complexity index is 58.0. The van der Waals surface area contributed by atoms with Gasteiger partial charge < -0.3 is 5.21 Å². The highest BCUT2D eigenvalue weighted by atomic mass is 35.5. The molecule has 0 amide bonds. The van der Waals surface area contributed by atoms with Crippen LogP contribution in [-0.2, 0) is 0 Å². The van der Waals surface area contributed by atoms with E-state index in [9.17, 15) is 0 Å². The lowest BCUT2D eigenvalue weighted by Crippen LogP contribution is -2.28. The third-order valence-corrected chi connectivity index (χ3v) is 1.93. The van der Waals surface area contributed by atoms with Crippen molar-refractivity contribution in [2.45, 2.75) is 0 Å². The minimum Gasteiger partial charge on any atom is -0.314 e. The summed E-state index contributed by atoms with van der Waals surface area (Å²) in [5.74, 6) is 2.16. The first kappa shape index (κ1) is 8.56. The van der Waals surface area contributed by atoms with Crippen LogP contribution in [0.3, 0.4) is 0 Å². The normalized spacial score (nSPS) is 22.1. The van der Waals surface area contributed by atoms with Crippen LogP contribution in [0.5, 0.6) is 0 Å². The van der Waals surface area contributed by atoms with Crippen molar-refractivity contribution >= 4 is 24.2 Å². The third kappa shape index (κ3) is 2.77. The monoisotopic (exact) mass is 155 g/mol. The van der Waals surface area contributed by atoms with Gasteiger partial charge in [-0.15, -0.1) is 12.4 Å². The van der Waals surface area contributed by atoms with E-state index in [-0.39, 0.29) is 12.4 Å². The van der Waals surface area contributed by atoms with Crippen molar-refractivity contribution in [1.29, 1.82) is 0 Å². The first-order valence-corrected chi connectivity index (χ1v) is 3.56. The maximum absolute atomic E-state index is 8.73. The highest BCUT2D eigenvalue weighted by Gasteiger charge is 2.04. The van der Waals surface area contributed by atoms with E-state index in [4.69, 9.17) is 5.21 Å². The quantitative estimate of drug-likeness (QED) is 0.561. The molecule has 0 spiro atoms. The summed E-state index contributed by atoms with van der Waals surface area (Å²) in [5.41, 5.74) is 0. The molecule has 1 fully saturated rings. The Hall–Kier alpha value is 0.560. The minimum atomic E-state index is 0. The number of hydrogen-bond acceptors (Lipinski definition) is 3. The van der Waals surface area contributed by atoms with E-state index in [2.05, 4.69) is 0 Å². The number of thioether (sulfide) groups is 1. The summed E-state index contributed by atoms with van der Waals surface area (Å²) in [6.07, 6.45) is 0. The summed E-state index contributed by atoms with van der Waals surface area (Å²) >= 11 is 1.90. The van der Waals surface area contributed by atoms with Gasteiger partial charge in [0.1, 0.15) is 0 Å². The van der Waals surface area contributed by atoms with Crippen molar-refractivity contribution in [1.82, 2.24) is 5.06 Å². The van der Waals surface area contributed by atoms with Crippen LogP contribution in [0.1, 0.15) is 0 Å². The van der Waals surface area contributed by atoms with E-state index in [1.54, 1.807) is 0 Å². The molecule has 0 radical (unpaired) electrons. The molecule has 8 heavy (non-hydrogen) atoms. The summed E-state index contributed by atoms with van der Waals surface area (Å²) in [7, 11) is 0. The molecule has 2 nitrogen and oxygen atoms in total. The molecule has 0 bridgehead atoms. The topological polar surface area (TPSA) is 23.5 Å². The van der Waals surface area contributed by atoms with Crippen molar-refractivity contribution < 1.29 is 5.21 Å². The van der Waals surface area contributed by atoms with E-state index >= 15 is 0 Å². The van der Waals surface area contributed by atoms with Crippen LogP contribution >= 0.6 is 24.2 Å². The molecule has 0 unspecified atom stereocenters. The van der Waals surface area contributed by atoms with Crippen molar-refractivity contribution in [2.24, 2.45) is 0 Å². The van der Waals surface area contributed by atoms with E-state index in [1.165, 1.54) is 5.06 Å². The number of halogens is 1. The van der Waals surface area contributed by atoms with Gasteiger partial charge in [0.15, 0.2) is 0 Å². The molecule has 0 aliphatic carbocycles. The van der Waals surface area contributed by atoms with Crippen LogP contribution in [0.15, 0.2) is 0 Å².